The summed E-state index contributed by atoms with van der Waals surface area (Å²) in [5.41, 5.74) is 1.41. The Bertz CT molecular complexity index is 491. The summed E-state index contributed by atoms with van der Waals surface area (Å²) in [4.78, 5) is 2.35. The second kappa shape index (κ2) is 7.16. The fraction of sp³-hybridized carbons (Fsp3) is 0.889. The van der Waals surface area contributed by atoms with Gasteiger partial charge in [-0.3, -0.25) is 5.32 Å². The molecule has 2 unspecified atom stereocenters. The van der Waals surface area contributed by atoms with E-state index in [2.05, 4.69) is 29.6 Å². The zero-order chi connectivity index (χ0) is 16.7. The van der Waals surface area contributed by atoms with E-state index in [1.807, 2.05) is 11.8 Å². The average molecular weight is 354 g/mol. The SMILES string of the molecule is CN(C)[C@H]1CC[C@H](OC2NCNC3=C2[C@H]2C(CC[C@@H]2CO)S3)CC1. The van der Waals surface area contributed by atoms with Gasteiger partial charge >= 0.3 is 0 Å². The molecule has 0 radical (unpaired) electrons. The highest BCUT2D eigenvalue weighted by Crippen LogP contribution is 2.53. The molecule has 24 heavy (non-hydrogen) atoms. The van der Waals surface area contributed by atoms with Gasteiger partial charge in [0.05, 0.1) is 17.8 Å². The molecule has 0 aromatic heterocycles. The van der Waals surface area contributed by atoms with E-state index in [4.69, 9.17) is 4.74 Å². The van der Waals surface area contributed by atoms with Crippen LogP contribution in [-0.2, 0) is 4.74 Å². The number of hydrogen-bond donors (Lipinski definition) is 3. The minimum Gasteiger partial charge on any atom is -0.396 e. The number of rotatable bonds is 4. The molecule has 136 valence electrons. The Morgan fingerprint density at radius 2 is 1.96 bits per heavy atom. The molecule has 2 aliphatic carbocycles. The zero-order valence-corrected chi connectivity index (χ0v) is 15.6. The molecule has 6 heteroatoms. The van der Waals surface area contributed by atoms with Crippen molar-refractivity contribution in [2.75, 3.05) is 27.4 Å². The Balaban J connectivity index is 1.43. The molecule has 5 nitrogen and oxygen atoms in total. The third-order valence-corrected chi connectivity index (χ3v) is 7.82. The van der Waals surface area contributed by atoms with E-state index in [9.17, 15) is 5.11 Å². The Kier molecular flexibility index (Phi) is 5.12. The van der Waals surface area contributed by atoms with Crippen LogP contribution in [0.25, 0.3) is 0 Å². The van der Waals surface area contributed by atoms with Crippen molar-refractivity contribution in [3.8, 4) is 0 Å². The normalized spacial score (nSPS) is 42.2. The monoisotopic (exact) mass is 353 g/mol. The molecule has 0 bridgehead atoms. The highest BCUT2D eigenvalue weighted by Gasteiger charge is 2.48. The van der Waals surface area contributed by atoms with Gasteiger partial charge in [0.1, 0.15) is 6.23 Å². The second-order valence-electron chi connectivity index (χ2n) is 7.95. The average Bonchev–Trinajstić information content (AvgIpc) is 3.14. The molecule has 4 atom stereocenters. The molecular weight excluding hydrogens is 322 g/mol. The van der Waals surface area contributed by atoms with E-state index < -0.39 is 0 Å². The van der Waals surface area contributed by atoms with Gasteiger partial charge in [-0.25, -0.2) is 0 Å². The van der Waals surface area contributed by atoms with E-state index in [1.165, 1.54) is 29.9 Å². The minimum absolute atomic E-state index is 0.0387. The Labute approximate surface area is 149 Å². The summed E-state index contributed by atoms with van der Waals surface area (Å²) >= 11 is 1.99. The van der Waals surface area contributed by atoms with E-state index in [-0.39, 0.29) is 6.23 Å². The van der Waals surface area contributed by atoms with Gasteiger partial charge in [0.25, 0.3) is 0 Å². The number of aliphatic hydroxyl groups is 1. The highest BCUT2D eigenvalue weighted by atomic mass is 32.2. The van der Waals surface area contributed by atoms with Gasteiger partial charge in [-0.1, -0.05) is 0 Å². The van der Waals surface area contributed by atoms with Crippen molar-refractivity contribution >= 4 is 11.8 Å². The van der Waals surface area contributed by atoms with Crippen LogP contribution in [0.4, 0.5) is 0 Å². The topological polar surface area (TPSA) is 56.8 Å². The largest absolute Gasteiger partial charge is 0.396 e. The van der Waals surface area contributed by atoms with Gasteiger partial charge in [-0.05, 0) is 58.5 Å². The van der Waals surface area contributed by atoms with Crippen molar-refractivity contribution in [2.45, 2.75) is 62.1 Å². The van der Waals surface area contributed by atoms with E-state index in [0.717, 1.165) is 25.9 Å². The highest BCUT2D eigenvalue weighted by molar-refractivity contribution is 8.03. The molecule has 2 fully saturated rings. The van der Waals surface area contributed by atoms with Crippen LogP contribution in [0.3, 0.4) is 0 Å². The van der Waals surface area contributed by atoms with Gasteiger partial charge in [-0.2, -0.15) is 0 Å². The maximum atomic E-state index is 9.77. The van der Waals surface area contributed by atoms with Gasteiger partial charge in [0, 0.05) is 29.4 Å². The van der Waals surface area contributed by atoms with Crippen molar-refractivity contribution in [2.24, 2.45) is 11.8 Å². The summed E-state index contributed by atoms with van der Waals surface area (Å²) in [6.45, 7) is 1.09. The molecule has 0 amide bonds. The van der Waals surface area contributed by atoms with E-state index in [1.54, 1.807) is 0 Å². The van der Waals surface area contributed by atoms with Gasteiger partial charge in [0.2, 0.25) is 0 Å². The number of thioether (sulfide) groups is 1. The first-order valence-corrected chi connectivity index (χ1v) is 10.4. The smallest absolute Gasteiger partial charge is 0.135 e. The van der Waals surface area contributed by atoms with Crippen LogP contribution in [0.5, 0.6) is 0 Å². The Morgan fingerprint density at radius 3 is 2.67 bits per heavy atom. The molecule has 2 saturated carbocycles. The fourth-order valence-electron chi connectivity index (χ4n) is 4.99. The number of fused-ring (bicyclic) bond motifs is 2. The van der Waals surface area contributed by atoms with Crippen LogP contribution in [0.2, 0.25) is 0 Å². The van der Waals surface area contributed by atoms with Crippen LogP contribution >= 0.6 is 11.8 Å². The molecule has 3 N–H and O–H groups in total. The fourth-order valence-corrected chi connectivity index (χ4v) is 6.59. The lowest BCUT2D eigenvalue weighted by atomic mass is 9.87. The van der Waals surface area contributed by atoms with Gasteiger partial charge in [-0.15, -0.1) is 11.8 Å². The number of nitrogens with zero attached hydrogens (tertiary/aromatic N) is 1. The van der Waals surface area contributed by atoms with Gasteiger partial charge < -0.3 is 20.1 Å². The quantitative estimate of drug-likeness (QED) is 0.715. The van der Waals surface area contributed by atoms with Crippen LogP contribution in [0, 0.1) is 11.8 Å². The van der Waals surface area contributed by atoms with Crippen molar-refractivity contribution in [1.29, 1.82) is 0 Å². The van der Waals surface area contributed by atoms with E-state index >= 15 is 0 Å². The van der Waals surface area contributed by atoms with Crippen molar-refractivity contribution in [1.82, 2.24) is 15.5 Å². The summed E-state index contributed by atoms with van der Waals surface area (Å²) in [5.74, 6) is 0.894. The molecule has 4 aliphatic rings. The Morgan fingerprint density at radius 1 is 1.17 bits per heavy atom. The maximum Gasteiger partial charge on any atom is 0.135 e. The lowest BCUT2D eigenvalue weighted by Gasteiger charge is -2.37. The minimum atomic E-state index is 0.0387. The number of aliphatic hydroxyl groups excluding tert-OH is 1. The van der Waals surface area contributed by atoms with Crippen LogP contribution in [0.1, 0.15) is 38.5 Å². The number of ether oxygens (including phenoxy) is 1. The first-order valence-electron chi connectivity index (χ1n) is 9.48. The summed E-state index contributed by atoms with van der Waals surface area (Å²) in [6, 6.07) is 0.709. The van der Waals surface area contributed by atoms with Gasteiger partial charge in [0.15, 0.2) is 0 Å². The molecule has 2 aliphatic heterocycles. The zero-order valence-electron chi connectivity index (χ0n) is 14.8. The molecule has 0 aromatic rings. The van der Waals surface area contributed by atoms with Crippen LogP contribution < -0.4 is 10.6 Å². The first kappa shape index (κ1) is 17.2. The maximum absolute atomic E-state index is 9.77. The predicted octanol–water partition coefficient (Wildman–Crippen LogP) is 1.70. The lowest BCUT2D eigenvalue weighted by Crippen LogP contribution is -2.48. The second-order valence-corrected chi connectivity index (χ2v) is 9.20. The summed E-state index contributed by atoms with van der Waals surface area (Å²) < 4.78 is 6.55. The number of nitrogens with one attached hydrogen (secondary N) is 2. The van der Waals surface area contributed by atoms with Crippen molar-refractivity contribution in [3.63, 3.8) is 0 Å². The summed E-state index contributed by atoms with van der Waals surface area (Å²) in [6.07, 6.45) is 7.54. The first-order chi connectivity index (χ1) is 11.7. The molecular formula is C18H31N3O2S. The molecule has 0 spiro atoms. The lowest BCUT2D eigenvalue weighted by molar-refractivity contribution is -0.0445. The molecule has 4 rings (SSSR count). The van der Waals surface area contributed by atoms with Crippen LogP contribution in [0.15, 0.2) is 10.6 Å². The predicted molar refractivity (Wildman–Crippen MR) is 97.4 cm³/mol. The third kappa shape index (κ3) is 3.12. The van der Waals surface area contributed by atoms with Crippen molar-refractivity contribution < 1.29 is 9.84 Å². The standard InChI is InChI=1S/C18H31N3O2S/c1-21(2)12-4-6-13(7-5-12)23-17-16-15-11(9-22)3-8-14(15)24-18(16)20-10-19-17/h11-15,17,19-20,22H,3-10H2,1-2H3/t11-,12-,13-,14?,15-,17?/m1/s1. The number of hydrogen-bond acceptors (Lipinski definition) is 6. The summed E-state index contributed by atoms with van der Waals surface area (Å²) in [7, 11) is 4.37. The molecule has 2 heterocycles. The van der Waals surface area contributed by atoms with Crippen molar-refractivity contribution in [3.05, 3.63) is 10.6 Å². The van der Waals surface area contributed by atoms with E-state index in [0.29, 0.717) is 35.8 Å². The Hall–Kier alpha value is -0.270. The molecule has 0 saturated heterocycles. The van der Waals surface area contributed by atoms with Crippen LogP contribution in [-0.4, -0.2) is 61.0 Å². The summed E-state index contributed by atoms with van der Waals surface area (Å²) in [5, 5.41) is 18.8. The molecule has 0 aromatic carbocycles. The third-order valence-electron chi connectivity index (χ3n) is 6.38.